The molecule has 0 N–H and O–H groups in total. The van der Waals surface area contributed by atoms with E-state index in [4.69, 9.17) is 14.2 Å². The van der Waals surface area contributed by atoms with Gasteiger partial charge in [0.25, 0.3) is 0 Å². The zero-order valence-corrected chi connectivity index (χ0v) is 24.6. The number of likely N-dealkylation sites (tertiary alicyclic amines) is 2. The Hall–Kier alpha value is -2.32. The highest BCUT2D eigenvalue weighted by Gasteiger charge is 2.46. The van der Waals surface area contributed by atoms with E-state index in [0.717, 1.165) is 0 Å². The van der Waals surface area contributed by atoms with Gasteiger partial charge in [0, 0.05) is 26.2 Å². The first-order chi connectivity index (χ1) is 16.7. The number of hydrogen-bond donors (Lipinski definition) is 0. The van der Waals surface area contributed by atoms with Crippen molar-refractivity contribution in [1.29, 1.82) is 0 Å². The quantitative estimate of drug-likeness (QED) is 0.275. The third kappa shape index (κ3) is 8.34. The Morgan fingerprint density at radius 3 is 1.05 bits per heavy atom. The standard InChI is InChI=1S/C28H48N2O7/c1-25(2,3)36-23(33)29-15-11-19(12-16-29)27(7,8)21(31)35-22(32)28(9,10)20-13-17-30(18-14-20)24(34)37-26(4,5)6/h19-20H,11-18H2,1-10H3. The number of rotatable bonds is 4. The molecular weight excluding hydrogens is 476 g/mol. The Bertz CT molecular complexity index is 781. The first-order valence-corrected chi connectivity index (χ1v) is 13.5. The van der Waals surface area contributed by atoms with Gasteiger partial charge in [-0.25, -0.2) is 9.59 Å². The molecule has 2 aliphatic rings. The molecule has 9 heteroatoms. The van der Waals surface area contributed by atoms with Crippen LogP contribution in [0.25, 0.3) is 0 Å². The van der Waals surface area contributed by atoms with E-state index in [2.05, 4.69) is 0 Å². The molecule has 2 heterocycles. The molecule has 0 aliphatic carbocycles. The molecule has 0 aromatic rings. The van der Waals surface area contributed by atoms with Gasteiger partial charge in [0.05, 0.1) is 10.8 Å². The predicted octanol–water partition coefficient (Wildman–Crippen LogP) is 5.40. The van der Waals surface area contributed by atoms with Crippen LogP contribution < -0.4 is 0 Å². The maximum absolute atomic E-state index is 13.2. The van der Waals surface area contributed by atoms with Crippen LogP contribution in [0.15, 0.2) is 0 Å². The van der Waals surface area contributed by atoms with Gasteiger partial charge in [-0.3, -0.25) is 9.59 Å². The van der Waals surface area contributed by atoms with E-state index in [9.17, 15) is 19.2 Å². The molecule has 0 bridgehead atoms. The van der Waals surface area contributed by atoms with Crippen LogP contribution in [0.4, 0.5) is 9.59 Å². The lowest BCUT2D eigenvalue weighted by Crippen LogP contribution is -2.48. The summed E-state index contributed by atoms with van der Waals surface area (Å²) in [5.41, 5.74) is -2.86. The maximum atomic E-state index is 13.2. The highest BCUT2D eigenvalue weighted by Crippen LogP contribution is 2.40. The summed E-state index contributed by atoms with van der Waals surface area (Å²) in [6.07, 6.45) is 1.82. The smallest absolute Gasteiger partial charge is 0.410 e. The van der Waals surface area contributed by atoms with Gasteiger partial charge in [0.1, 0.15) is 11.2 Å². The SMILES string of the molecule is CC(C)(C)OC(=O)N1CCC(C(C)(C)C(=O)OC(=O)C(C)(C)C2CCN(C(=O)OC(C)(C)C)CC2)CC1. The van der Waals surface area contributed by atoms with Crippen LogP contribution in [-0.4, -0.2) is 71.3 Å². The topological polar surface area (TPSA) is 102 Å². The van der Waals surface area contributed by atoms with E-state index < -0.39 is 34.0 Å². The molecule has 37 heavy (non-hydrogen) atoms. The summed E-state index contributed by atoms with van der Waals surface area (Å²) in [4.78, 5) is 54.4. The van der Waals surface area contributed by atoms with Gasteiger partial charge in [-0.15, -0.1) is 0 Å². The normalized spacial score (nSPS) is 18.9. The lowest BCUT2D eigenvalue weighted by Gasteiger charge is -2.41. The van der Waals surface area contributed by atoms with Crippen molar-refractivity contribution in [2.45, 2.75) is 106 Å². The van der Waals surface area contributed by atoms with Crippen molar-refractivity contribution >= 4 is 24.1 Å². The first-order valence-electron chi connectivity index (χ1n) is 13.5. The molecule has 212 valence electrons. The van der Waals surface area contributed by atoms with E-state index >= 15 is 0 Å². The van der Waals surface area contributed by atoms with Crippen LogP contribution >= 0.6 is 0 Å². The molecule has 0 atom stereocenters. The van der Waals surface area contributed by atoms with Gasteiger partial charge < -0.3 is 24.0 Å². The van der Waals surface area contributed by atoms with Crippen molar-refractivity contribution in [3.63, 3.8) is 0 Å². The summed E-state index contributed by atoms with van der Waals surface area (Å²) < 4.78 is 16.4. The van der Waals surface area contributed by atoms with Crippen molar-refractivity contribution in [2.75, 3.05) is 26.2 Å². The van der Waals surface area contributed by atoms with E-state index in [-0.39, 0.29) is 24.0 Å². The largest absolute Gasteiger partial charge is 0.444 e. The van der Waals surface area contributed by atoms with Gasteiger partial charge in [-0.2, -0.15) is 0 Å². The van der Waals surface area contributed by atoms with Crippen LogP contribution in [0.2, 0.25) is 0 Å². The Kier molecular flexibility index (Phi) is 9.35. The number of carbonyl (C=O) groups excluding carboxylic acids is 4. The molecule has 0 aromatic carbocycles. The van der Waals surface area contributed by atoms with E-state index in [0.29, 0.717) is 51.9 Å². The predicted molar refractivity (Wildman–Crippen MR) is 140 cm³/mol. The number of hydrogen-bond acceptors (Lipinski definition) is 7. The molecule has 0 spiro atoms. The molecule has 2 saturated heterocycles. The van der Waals surface area contributed by atoms with Gasteiger partial charge in [-0.05, 0) is 107 Å². The monoisotopic (exact) mass is 524 g/mol. The second-order valence-corrected chi connectivity index (χ2v) is 13.6. The molecular formula is C28H48N2O7. The molecule has 2 rings (SSSR count). The lowest BCUT2D eigenvalue weighted by molar-refractivity contribution is -0.177. The van der Waals surface area contributed by atoms with E-state index in [1.165, 1.54) is 0 Å². The van der Waals surface area contributed by atoms with Crippen molar-refractivity contribution < 1.29 is 33.4 Å². The third-order valence-corrected chi connectivity index (χ3v) is 7.57. The number of ether oxygens (including phenoxy) is 3. The molecule has 2 aliphatic heterocycles. The second-order valence-electron chi connectivity index (χ2n) is 13.6. The summed E-state index contributed by atoms with van der Waals surface area (Å²) >= 11 is 0. The summed E-state index contributed by atoms with van der Waals surface area (Å²) in [6.45, 7) is 20.2. The Labute approximate surface area is 222 Å². The molecule has 0 aromatic heterocycles. The highest BCUT2D eigenvalue weighted by atomic mass is 16.6. The summed E-state index contributed by atoms with van der Waals surface area (Å²) in [5, 5.41) is 0. The van der Waals surface area contributed by atoms with Gasteiger partial charge >= 0.3 is 24.1 Å². The number of esters is 2. The zero-order valence-electron chi connectivity index (χ0n) is 24.6. The Morgan fingerprint density at radius 1 is 0.541 bits per heavy atom. The molecule has 9 nitrogen and oxygen atoms in total. The minimum Gasteiger partial charge on any atom is -0.444 e. The maximum Gasteiger partial charge on any atom is 0.410 e. The summed E-state index contributed by atoms with van der Waals surface area (Å²) in [6, 6.07) is 0. The number of piperidine rings is 2. The van der Waals surface area contributed by atoms with Crippen LogP contribution in [0.1, 0.15) is 94.9 Å². The second kappa shape index (κ2) is 11.2. The van der Waals surface area contributed by atoms with Crippen molar-refractivity contribution in [1.82, 2.24) is 9.80 Å². The van der Waals surface area contributed by atoms with Crippen LogP contribution in [0.3, 0.4) is 0 Å². The average Bonchev–Trinajstić information content (AvgIpc) is 2.76. The third-order valence-electron chi connectivity index (χ3n) is 7.57. The fourth-order valence-electron chi connectivity index (χ4n) is 4.90. The minimum absolute atomic E-state index is 0.0216. The summed E-state index contributed by atoms with van der Waals surface area (Å²) in [5.74, 6) is -1.11. The highest BCUT2D eigenvalue weighted by molar-refractivity contribution is 5.91. The fourth-order valence-corrected chi connectivity index (χ4v) is 4.90. The van der Waals surface area contributed by atoms with Crippen LogP contribution in [0, 0.1) is 22.7 Å². The first kappa shape index (κ1) is 30.9. The Morgan fingerprint density at radius 2 is 0.811 bits per heavy atom. The van der Waals surface area contributed by atoms with Crippen LogP contribution in [0.5, 0.6) is 0 Å². The molecule has 2 amide bonds. The zero-order chi connectivity index (χ0) is 28.4. The lowest BCUT2D eigenvalue weighted by atomic mass is 9.72. The number of amides is 2. The van der Waals surface area contributed by atoms with E-state index in [1.807, 2.05) is 69.2 Å². The molecule has 0 unspecified atom stereocenters. The van der Waals surface area contributed by atoms with Gasteiger partial charge in [-0.1, -0.05) is 0 Å². The number of carbonyl (C=O) groups is 4. The average molecular weight is 525 g/mol. The fraction of sp³-hybridized carbons (Fsp3) is 0.857. The van der Waals surface area contributed by atoms with Crippen molar-refractivity contribution in [2.24, 2.45) is 22.7 Å². The molecule has 2 fully saturated rings. The molecule has 0 radical (unpaired) electrons. The van der Waals surface area contributed by atoms with Gasteiger partial charge in [0.15, 0.2) is 0 Å². The van der Waals surface area contributed by atoms with Crippen molar-refractivity contribution in [3.8, 4) is 0 Å². The minimum atomic E-state index is -0.869. The Balaban J connectivity index is 1.91. The van der Waals surface area contributed by atoms with Crippen LogP contribution in [-0.2, 0) is 23.8 Å². The van der Waals surface area contributed by atoms with Crippen molar-refractivity contribution in [3.05, 3.63) is 0 Å². The van der Waals surface area contributed by atoms with Gasteiger partial charge in [0.2, 0.25) is 0 Å². The molecule has 0 saturated carbocycles. The summed E-state index contributed by atoms with van der Waals surface area (Å²) in [7, 11) is 0. The van der Waals surface area contributed by atoms with E-state index in [1.54, 1.807) is 9.80 Å². The number of nitrogens with zero attached hydrogens (tertiary/aromatic N) is 2.